The predicted molar refractivity (Wildman–Crippen MR) is 150 cm³/mol. The second kappa shape index (κ2) is 10.3. The summed E-state index contributed by atoms with van der Waals surface area (Å²) < 4.78 is 0. The Hall–Kier alpha value is -3.65. The van der Waals surface area contributed by atoms with Crippen LogP contribution in [0, 0.1) is 19.3 Å². The minimum Gasteiger partial charge on any atom is -0.358 e. The molecular weight excluding hydrogens is 424 g/mol. The SMILES string of the molecule is C/C(=C/Cc1ccccc1C(C)(C)N1CC=CC=C1c1c(C)cccc1C)C(=N)c1ccccc1. The van der Waals surface area contributed by atoms with Gasteiger partial charge in [0.1, 0.15) is 0 Å². The van der Waals surface area contributed by atoms with Crippen LogP contribution < -0.4 is 0 Å². The molecule has 0 aromatic heterocycles. The number of benzene rings is 3. The normalized spacial score (nSPS) is 14.1. The molecule has 1 aliphatic heterocycles. The smallest absolute Gasteiger partial charge is 0.0638 e. The van der Waals surface area contributed by atoms with E-state index in [0.717, 1.165) is 24.1 Å². The fourth-order valence-electron chi connectivity index (χ4n) is 5.12. The van der Waals surface area contributed by atoms with Crippen LogP contribution in [0.15, 0.2) is 103 Å². The first-order valence-corrected chi connectivity index (χ1v) is 12.4. The summed E-state index contributed by atoms with van der Waals surface area (Å²) in [6.07, 6.45) is 9.68. The van der Waals surface area contributed by atoms with Crippen molar-refractivity contribution >= 4 is 11.4 Å². The van der Waals surface area contributed by atoms with Crippen LogP contribution in [-0.2, 0) is 12.0 Å². The van der Waals surface area contributed by atoms with Gasteiger partial charge in [0, 0.05) is 17.8 Å². The number of rotatable bonds is 7. The minimum absolute atomic E-state index is 0.212. The van der Waals surface area contributed by atoms with Gasteiger partial charge in [0.2, 0.25) is 0 Å². The van der Waals surface area contributed by atoms with E-state index in [1.807, 2.05) is 37.3 Å². The maximum atomic E-state index is 8.61. The molecule has 178 valence electrons. The third kappa shape index (κ3) is 5.07. The summed E-state index contributed by atoms with van der Waals surface area (Å²) in [6.45, 7) is 12.0. The number of hydrogen-bond donors (Lipinski definition) is 1. The first kappa shape index (κ1) is 24.5. The summed E-state index contributed by atoms with van der Waals surface area (Å²) >= 11 is 0. The van der Waals surface area contributed by atoms with E-state index in [-0.39, 0.29) is 5.54 Å². The van der Waals surface area contributed by atoms with Gasteiger partial charge in [0.25, 0.3) is 0 Å². The van der Waals surface area contributed by atoms with Gasteiger partial charge in [-0.05, 0) is 80.5 Å². The first-order chi connectivity index (χ1) is 16.8. The summed E-state index contributed by atoms with van der Waals surface area (Å²) in [5.74, 6) is 0. The van der Waals surface area contributed by atoms with Crippen LogP contribution >= 0.6 is 0 Å². The molecule has 0 unspecified atom stereocenters. The molecule has 3 aromatic carbocycles. The Morgan fingerprint density at radius 1 is 0.914 bits per heavy atom. The maximum absolute atomic E-state index is 8.61. The fourth-order valence-corrected chi connectivity index (χ4v) is 5.12. The van der Waals surface area contributed by atoms with E-state index in [9.17, 15) is 0 Å². The molecule has 1 aliphatic rings. The molecule has 0 radical (unpaired) electrons. The van der Waals surface area contributed by atoms with Crippen LogP contribution in [0.3, 0.4) is 0 Å². The zero-order valence-corrected chi connectivity index (χ0v) is 21.6. The fraction of sp³-hybridized carbons (Fsp3) is 0.242. The Morgan fingerprint density at radius 3 is 2.29 bits per heavy atom. The Kier molecular flexibility index (Phi) is 7.21. The van der Waals surface area contributed by atoms with Crippen LogP contribution in [0.25, 0.3) is 5.70 Å². The highest BCUT2D eigenvalue weighted by Gasteiger charge is 2.33. The number of hydrogen-bond acceptors (Lipinski definition) is 2. The molecule has 0 fully saturated rings. The number of allylic oxidation sites excluding steroid dienone is 4. The molecule has 2 heteroatoms. The summed E-state index contributed by atoms with van der Waals surface area (Å²) in [7, 11) is 0. The van der Waals surface area contributed by atoms with E-state index in [1.54, 1.807) is 0 Å². The largest absolute Gasteiger partial charge is 0.358 e. The van der Waals surface area contributed by atoms with Gasteiger partial charge in [0.15, 0.2) is 0 Å². The molecule has 2 nitrogen and oxygen atoms in total. The highest BCUT2D eigenvalue weighted by Crippen LogP contribution is 2.39. The second-order valence-electron chi connectivity index (χ2n) is 9.91. The Morgan fingerprint density at radius 2 is 1.57 bits per heavy atom. The molecule has 0 saturated carbocycles. The van der Waals surface area contributed by atoms with Crippen molar-refractivity contribution < 1.29 is 0 Å². The minimum atomic E-state index is -0.212. The summed E-state index contributed by atoms with van der Waals surface area (Å²) in [5.41, 5.74) is 10.2. The first-order valence-electron chi connectivity index (χ1n) is 12.4. The van der Waals surface area contributed by atoms with Crippen molar-refractivity contribution in [3.05, 3.63) is 136 Å². The Bertz CT molecular complexity index is 1290. The van der Waals surface area contributed by atoms with Crippen molar-refractivity contribution in [1.29, 1.82) is 5.41 Å². The lowest BCUT2D eigenvalue weighted by Gasteiger charge is -2.44. The highest BCUT2D eigenvalue weighted by atomic mass is 15.2. The molecule has 1 N–H and O–H groups in total. The second-order valence-corrected chi connectivity index (χ2v) is 9.91. The summed E-state index contributed by atoms with van der Waals surface area (Å²) in [4.78, 5) is 2.53. The van der Waals surface area contributed by atoms with Crippen molar-refractivity contribution in [2.45, 2.75) is 46.6 Å². The van der Waals surface area contributed by atoms with Gasteiger partial charge >= 0.3 is 0 Å². The summed E-state index contributed by atoms with van der Waals surface area (Å²) in [5, 5.41) is 8.61. The van der Waals surface area contributed by atoms with Crippen molar-refractivity contribution in [2.24, 2.45) is 0 Å². The molecule has 0 bridgehead atoms. The van der Waals surface area contributed by atoms with E-state index in [1.165, 1.54) is 33.5 Å². The lowest BCUT2D eigenvalue weighted by Crippen LogP contribution is -2.42. The average molecular weight is 461 g/mol. The highest BCUT2D eigenvalue weighted by molar-refractivity contribution is 6.10. The van der Waals surface area contributed by atoms with E-state index < -0.39 is 0 Å². The van der Waals surface area contributed by atoms with Gasteiger partial charge in [-0.3, -0.25) is 0 Å². The van der Waals surface area contributed by atoms with Crippen LogP contribution in [0.5, 0.6) is 0 Å². The van der Waals surface area contributed by atoms with Crippen LogP contribution in [-0.4, -0.2) is 17.2 Å². The van der Waals surface area contributed by atoms with E-state index in [0.29, 0.717) is 5.71 Å². The average Bonchev–Trinajstić information content (AvgIpc) is 2.87. The Labute approximate surface area is 210 Å². The van der Waals surface area contributed by atoms with Crippen molar-refractivity contribution in [3.63, 3.8) is 0 Å². The third-order valence-electron chi connectivity index (χ3n) is 7.14. The van der Waals surface area contributed by atoms with Gasteiger partial charge < -0.3 is 10.3 Å². The van der Waals surface area contributed by atoms with Gasteiger partial charge in [0.05, 0.1) is 11.3 Å². The quantitative estimate of drug-likeness (QED) is 0.355. The van der Waals surface area contributed by atoms with Crippen molar-refractivity contribution in [2.75, 3.05) is 6.54 Å². The molecule has 0 atom stereocenters. The van der Waals surface area contributed by atoms with Gasteiger partial charge in [-0.1, -0.05) is 91.0 Å². The standard InChI is InChI=1S/C33H36N2/c1-24-14-13-15-25(2)31(24)30-20-11-12-23-35(30)33(4,5)29-19-10-9-16-27(29)22-21-26(3)32(34)28-17-7-6-8-18-28/h6-21,34H,22-23H2,1-5H3/b26-21-,34-32?. The monoisotopic (exact) mass is 460 g/mol. The van der Waals surface area contributed by atoms with Gasteiger partial charge in [-0.15, -0.1) is 0 Å². The van der Waals surface area contributed by atoms with Crippen LogP contribution in [0.4, 0.5) is 0 Å². The maximum Gasteiger partial charge on any atom is 0.0638 e. The summed E-state index contributed by atoms with van der Waals surface area (Å²) in [6, 6.07) is 25.3. The van der Waals surface area contributed by atoms with Crippen molar-refractivity contribution in [3.8, 4) is 0 Å². The van der Waals surface area contributed by atoms with Gasteiger partial charge in [-0.2, -0.15) is 0 Å². The molecular formula is C33H36N2. The lowest BCUT2D eigenvalue weighted by atomic mass is 9.84. The molecule has 0 spiro atoms. The molecule has 0 amide bonds. The zero-order valence-electron chi connectivity index (χ0n) is 21.6. The molecule has 3 aromatic rings. The molecule has 4 rings (SSSR count). The van der Waals surface area contributed by atoms with E-state index in [2.05, 4.69) is 99.4 Å². The molecule has 0 aliphatic carbocycles. The lowest BCUT2D eigenvalue weighted by molar-refractivity contribution is 0.218. The molecule has 35 heavy (non-hydrogen) atoms. The van der Waals surface area contributed by atoms with Crippen LogP contribution in [0.1, 0.15) is 54.2 Å². The molecule has 0 saturated heterocycles. The number of nitrogens with zero attached hydrogens (tertiary/aromatic N) is 1. The van der Waals surface area contributed by atoms with E-state index in [4.69, 9.17) is 5.41 Å². The number of aryl methyl sites for hydroxylation is 2. The Balaban J connectivity index is 1.67. The third-order valence-corrected chi connectivity index (χ3v) is 7.14. The van der Waals surface area contributed by atoms with Crippen LogP contribution in [0.2, 0.25) is 0 Å². The van der Waals surface area contributed by atoms with E-state index >= 15 is 0 Å². The topological polar surface area (TPSA) is 27.1 Å². The number of nitrogens with one attached hydrogen (secondary N) is 1. The zero-order chi connectivity index (χ0) is 25.0. The predicted octanol–water partition coefficient (Wildman–Crippen LogP) is 8.01. The molecule has 1 heterocycles. The van der Waals surface area contributed by atoms with Crippen molar-refractivity contribution in [1.82, 2.24) is 4.90 Å². The van der Waals surface area contributed by atoms with Gasteiger partial charge in [-0.25, -0.2) is 0 Å².